The minimum absolute atomic E-state index is 0.0451. The van der Waals surface area contributed by atoms with Gasteiger partial charge in [0.05, 0.1) is 29.3 Å². The van der Waals surface area contributed by atoms with E-state index in [1.165, 1.54) is 31.0 Å². The number of carbonyl (C=O) groups is 2. The normalized spacial score (nSPS) is 24.0. The zero-order valence-corrected chi connectivity index (χ0v) is 22.7. The second-order valence-electron chi connectivity index (χ2n) is 11.0. The number of alkyl halides is 6. The van der Waals surface area contributed by atoms with Crippen molar-refractivity contribution < 1.29 is 40.3 Å². The minimum atomic E-state index is -5.03. The molecule has 2 fully saturated rings. The molecule has 2 aliphatic rings. The third-order valence-corrected chi connectivity index (χ3v) is 8.34. The minimum Gasteiger partial charge on any atom is -0.368 e. The number of primary amides is 1. The van der Waals surface area contributed by atoms with Gasteiger partial charge in [0, 0.05) is 19.1 Å². The number of nitrogens with zero attached hydrogens (tertiary/aromatic N) is 2. The molecule has 41 heavy (non-hydrogen) atoms. The number of hydrogen-bond donors (Lipinski definition) is 2. The van der Waals surface area contributed by atoms with Crippen molar-refractivity contribution in [1.29, 1.82) is 0 Å². The molecule has 0 aromatic heterocycles. The maximum atomic E-state index is 13.9. The number of benzene rings is 2. The van der Waals surface area contributed by atoms with Crippen LogP contribution in [0.4, 0.5) is 35.5 Å². The second kappa shape index (κ2) is 10.8. The molecule has 2 aromatic rings. The molecule has 0 aliphatic carbocycles. The van der Waals surface area contributed by atoms with Crippen molar-refractivity contribution in [3.63, 3.8) is 0 Å². The molecule has 6 nitrogen and oxygen atoms in total. The first-order valence-corrected chi connectivity index (χ1v) is 13.1. The van der Waals surface area contributed by atoms with Crippen molar-refractivity contribution >= 4 is 11.9 Å². The average Bonchev–Trinajstić information content (AvgIpc) is 3.29. The van der Waals surface area contributed by atoms with Gasteiger partial charge in [-0.3, -0.25) is 4.79 Å². The van der Waals surface area contributed by atoms with Crippen molar-refractivity contribution in [3.8, 4) is 0 Å². The van der Waals surface area contributed by atoms with Crippen LogP contribution < -0.4 is 11.1 Å². The third-order valence-electron chi connectivity index (χ3n) is 8.34. The van der Waals surface area contributed by atoms with Gasteiger partial charge in [0.15, 0.2) is 0 Å². The molecule has 2 heterocycles. The van der Waals surface area contributed by atoms with Gasteiger partial charge in [0.1, 0.15) is 5.82 Å². The fourth-order valence-corrected chi connectivity index (χ4v) is 5.91. The maximum absolute atomic E-state index is 13.9. The molecule has 4 atom stereocenters. The summed E-state index contributed by atoms with van der Waals surface area (Å²) < 4.78 is 94.7. The number of halogens is 7. The van der Waals surface area contributed by atoms with E-state index in [0.717, 1.165) is 4.90 Å². The van der Waals surface area contributed by atoms with Gasteiger partial charge in [-0.05, 0) is 86.6 Å². The van der Waals surface area contributed by atoms with Gasteiger partial charge in [0.2, 0.25) is 5.91 Å². The number of aryl methyl sites for hydroxylation is 1. The lowest BCUT2D eigenvalue weighted by Crippen LogP contribution is -2.57. The summed E-state index contributed by atoms with van der Waals surface area (Å²) in [6.07, 6.45) is -8.16. The van der Waals surface area contributed by atoms with Crippen LogP contribution in [0.5, 0.6) is 0 Å². The zero-order valence-electron chi connectivity index (χ0n) is 22.7. The summed E-state index contributed by atoms with van der Waals surface area (Å²) in [6.45, 7) is 3.21. The summed E-state index contributed by atoms with van der Waals surface area (Å²) in [4.78, 5) is 28.3. The molecule has 0 bridgehead atoms. The molecule has 13 heteroatoms. The number of rotatable bonds is 4. The molecule has 0 saturated carbocycles. The predicted molar refractivity (Wildman–Crippen MR) is 136 cm³/mol. The van der Waals surface area contributed by atoms with Crippen LogP contribution in [0.2, 0.25) is 0 Å². The standard InChI is InChI=1S/C28H31F7N4O2/c1-15-10-20(29)4-5-21(15)23-14-26(7-6-22(37-26)24(36)40)8-9-39(23)25(41)38(3)16(2)17-11-18(27(30,31)32)13-19(12-17)28(33,34)35/h4-5,10-13,16,22-23,37H,6-9,14H2,1-3H3,(H2,36,40)/t16-,22?,23-,26-/m1/s1. The number of likely N-dealkylation sites (tertiary alicyclic amines) is 1. The number of carbonyl (C=O) groups excluding carboxylic acids is 2. The number of piperidine rings is 1. The van der Waals surface area contributed by atoms with Crippen molar-refractivity contribution in [2.45, 2.75) is 75.5 Å². The van der Waals surface area contributed by atoms with Crippen LogP contribution in [0, 0.1) is 12.7 Å². The largest absolute Gasteiger partial charge is 0.416 e. The first-order chi connectivity index (χ1) is 18.9. The Morgan fingerprint density at radius 2 is 1.66 bits per heavy atom. The smallest absolute Gasteiger partial charge is 0.368 e. The number of nitrogens with one attached hydrogen (secondary N) is 1. The van der Waals surface area contributed by atoms with E-state index >= 15 is 0 Å². The molecule has 1 spiro atoms. The highest BCUT2D eigenvalue weighted by atomic mass is 19.4. The predicted octanol–water partition coefficient (Wildman–Crippen LogP) is 6.10. The second-order valence-corrected chi connectivity index (χ2v) is 11.0. The molecule has 224 valence electrons. The van der Waals surface area contributed by atoms with E-state index in [1.807, 2.05) is 0 Å². The lowest BCUT2D eigenvalue weighted by Gasteiger charge is -2.47. The fourth-order valence-electron chi connectivity index (χ4n) is 5.91. The molecular weight excluding hydrogens is 557 g/mol. The molecule has 2 aromatic carbocycles. The van der Waals surface area contributed by atoms with Gasteiger partial charge in [-0.15, -0.1) is 0 Å². The van der Waals surface area contributed by atoms with Crippen molar-refractivity contribution in [3.05, 3.63) is 70.0 Å². The van der Waals surface area contributed by atoms with Gasteiger partial charge in [-0.1, -0.05) is 6.07 Å². The highest BCUT2D eigenvalue weighted by Crippen LogP contribution is 2.44. The molecule has 4 rings (SSSR count). The third kappa shape index (κ3) is 6.29. The highest BCUT2D eigenvalue weighted by Gasteiger charge is 2.48. The van der Waals surface area contributed by atoms with Gasteiger partial charge in [-0.2, -0.15) is 26.3 Å². The van der Waals surface area contributed by atoms with Crippen LogP contribution in [0.1, 0.15) is 72.5 Å². The van der Waals surface area contributed by atoms with E-state index < -0.39 is 64.9 Å². The molecule has 2 saturated heterocycles. The van der Waals surface area contributed by atoms with E-state index in [2.05, 4.69) is 5.32 Å². The molecule has 1 unspecified atom stereocenters. The van der Waals surface area contributed by atoms with Crippen LogP contribution in [0.25, 0.3) is 0 Å². The monoisotopic (exact) mass is 588 g/mol. The van der Waals surface area contributed by atoms with Gasteiger partial charge < -0.3 is 20.9 Å². The van der Waals surface area contributed by atoms with E-state index in [4.69, 9.17) is 5.73 Å². The van der Waals surface area contributed by atoms with E-state index in [0.29, 0.717) is 48.9 Å². The number of nitrogens with two attached hydrogens (primary N) is 1. The summed E-state index contributed by atoms with van der Waals surface area (Å²) in [5.41, 5.74) is 2.91. The topological polar surface area (TPSA) is 78.7 Å². The van der Waals surface area contributed by atoms with E-state index in [9.17, 15) is 40.3 Å². The Kier molecular flexibility index (Phi) is 8.07. The SMILES string of the molecule is Cc1cc(F)ccc1[C@H]1C[C@@]2(CCC(C(N)=O)N2)CCN1C(=O)N(C)[C@H](C)c1cc(C(F)(F)F)cc(C(F)(F)F)c1. The Hall–Kier alpha value is -3.35. The van der Waals surface area contributed by atoms with Crippen molar-refractivity contribution in [2.24, 2.45) is 5.73 Å². The van der Waals surface area contributed by atoms with Gasteiger partial charge in [0.25, 0.3) is 0 Å². The van der Waals surface area contributed by atoms with E-state index in [1.54, 1.807) is 13.0 Å². The molecule has 2 aliphatic heterocycles. The van der Waals surface area contributed by atoms with Crippen LogP contribution in [0.3, 0.4) is 0 Å². The van der Waals surface area contributed by atoms with Crippen LogP contribution in [-0.2, 0) is 17.1 Å². The zero-order chi connectivity index (χ0) is 30.5. The molecule has 3 amide bonds. The Balaban J connectivity index is 1.68. The summed E-state index contributed by atoms with van der Waals surface area (Å²) in [5.74, 6) is -0.971. The first kappa shape index (κ1) is 30.6. The Morgan fingerprint density at radius 1 is 1.05 bits per heavy atom. The maximum Gasteiger partial charge on any atom is 0.416 e. The average molecular weight is 589 g/mol. The highest BCUT2D eigenvalue weighted by molar-refractivity contribution is 5.80. The Bertz CT molecular complexity index is 1300. The molecule has 0 radical (unpaired) electrons. The van der Waals surface area contributed by atoms with Crippen LogP contribution in [-0.4, -0.2) is 46.9 Å². The van der Waals surface area contributed by atoms with Crippen LogP contribution in [0.15, 0.2) is 36.4 Å². The first-order valence-electron chi connectivity index (χ1n) is 13.1. The summed E-state index contributed by atoms with van der Waals surface area (Å²) >= 11 is 0. The Labute approximate surface area is 232 Å². The van der Waals surface area contributed by atoms with Crippen LogP contribution >= 0.6 is 0 Å². The van der Waals surface area contributed by atoms with Crippen molar-refractivity contribution in [2.75, 3.05) is 13.6 Å². The summed E-state index contributed by atoms with van der Waals surface area (Å²) in [6, 6.07) is 2.49. The van der Waals surface area contributed by atoms with E-state index in [-0.39, 0.29) is 18.2 Å². The quantitative estimate of drug-likeness (QED) is 0.424. The van der Waals surface area contributed by atoms with Gasteiger partial charge in [-0.25, -0.2) is 9.18 Å². The molecular formula is C28H31F7N4O2. The van der Waals surface area contributed by atoms with Gasteiger partial charge >= 0.3 is 18.4 Å². The lowest BCUT2D eigenvalue weighted by molar-refractivity contribution is -0.143. The Morgan fingerprint density at radius 3 is 2.17 bits per heavy atom. The summed E-state index contributed by atoms with van der Waals surface area (Å²) in [5, 5.41) is 3.30. The fraction of sp³-hybridized carbons (Fsp3) is 0.500. The number of urea groups is 1. The number of amides is 3. The molecule has 3 N–H and O–H groups in total. The summed E-state index contributed by atoms with van der Waals surface area (Å²) in [7, 11) is 1.32. The lowest BCUT2D eigenvalue weighted by atomic mass is 9.79. The van der Waals surface area contributed by atoms with Crippen molar-refractivity contribution in [1.82, 2.24) is 15.1 Å². The number of hydrogen-bond acceptors (Lipinski definition) is 3.